The zero-order valence-electron chi connectivity index (χ0n) is 17.0. The summed E-state index contributed by atoms with van der Waals surface area (Å²) in [7, 11) is 0. The molecule has 0 aromatic heterocycles. The Morgan fingerprint density at radius 3 is 2.31 bits per heavy atom. The summed E-state index contributed by atoms with van der Waals surface area (Å²) in [4.78, 5) is 24.7. The molecular formula is C22H27N3O4. The average Bonchev–Trinajstić information content (AvgIpc) is 3.10. The van der Waals surface area contributed by atoms with Crippen LogP contribution in [-0.4, -0.2) is 35.2 Å². The van der Waals surface area contributed by atoms with E-state index in [0.717, 1.165) is 12.2 Å². The maximum Gasteiger partial charge on any atom is 0.422 e. The SMILES string of the molecule is CC(C)(C)OC(=O)NN1CCC[C@H]1C(=O)Nc1ccc(Oc2ccccc2)cc1. The van der Waals surface area contributed by atoms with Gasteiger partial charge in [-0.3, -0.25) is 10.2 Å². The van der Waals surface area contributed by atoms with E-state index >= 15 is 0 Å². The third-order valence-electron chi connectivity index (χ3n) is 4.29. The van der Waals surface area contributed by atoms with Crippen molar-refractivity contribution in [2.45, 2.75) is 45.3 Å². The monoisotopic (exact) mass is 397 g/mol. The third kappa shape index (κ3) is 6.22. The lowest BCUT2D eigenvalue weighted by Crippen LogP contribution is -2.51. The predicted octanol–water partition coefficient (Wildman–Crippen LogP) is 4.32. The first-order chi connectivity index (χ1) is 13.8. The Hall–Kier alpha value is -3.06. The van der Waals surface area contributed by atoms with Gasteiger partial charge >= 0.3 is 6.09 Å². The van der Waals surface area contributed by atoms with Crippen molar-refractivity contribution in [3.63, 3.8) is 0 Å². The Kier molecular flexibility index (Phi) is 6.39. The fraction of sp³-hybridized carbons (Fsp3) is 0.364. The van der Waals surface area contributed by atoms with Crippen molar-refractivity contribution in [2.24, 2.45) is 0 Å². The number of carbonyl (C=O) groups is 2. The minimum absolute atomic E-state index is 0.171. The van der Waals surface area contributed by atoms with Crippen LogP contribution < -0.4 is 15.5 Å². The van der Waals surface area contributed by atoms with Crippen LogP contribution in [0.3, 0.4) is 0 Å². The van der Waals surface area contributed by atoms with E-state index in [1.54, 1.807) is 50.0 Å². The fourth-order valence-electron chi connectivity index (χ4n) is 3.05. The summed E-state index contributed by atoms with van der Waals surface area (Å²) in [5.41, 5.74) is 2.75. The van der Waals surface area contributed by atoms with Crippen LogP contribution in [-0.2, 0) is 9.53 Å². The lowest BCUT2D eigenvalue weighted by Gasteiger charge is -2.26. The molecule has 0 unspecified atom stereocenters. The van der Waals surface area contributed by atoms with Gasteiger partial charge in [-0.1, -0.05) is 18.2 Å². The zero-order valence-corrected chi connectivity index (χ0v) is 17.0. The number of hydrogen-bond acceptors (Lipinski definition) is 5. The predicted molar refractivity (Wildman–Crippen MR) is 111 cm³/mol. The topological polar surface area (TPSA) is 79.9 Å². The molecule has 0 saturated carbocycles. The second-order valence-corrected chi connectivity index (χ2v) is 7.89. The van der Waals surface area contributed by atoms with Crippen molar-refractivity contribution in [3.05, 3.63) is 54.6 Å². The van der Waals surface area contributed by atoms with Gasteiger partial charge in [-0.2, -0.15) is 0 Å². The molecule has 1 aliphatic heterocycles. The number of para-hydroxylation sites is 1. The molecule has 0 bridgehead atoms. The Morgan fingerprint density at radius 1 is 1.00 bits per heavy atom. The maximum absolute atomic E-state index is 12.7. The van der Waals surface area contributed by atoms with E-state index in [2.05, 4.69) is 10.7 Å². The highest BCUT2D eigenvalue weighted by molar-refractivity contribution is 5.95. The molecule has 2 aromatic carbocycles. The molecule has 29 heavy (non-hydrogen) atoms. The van der Waals surface area contributed by atoms with Gasteiger partial charge in [0.1, 0.15) is 23.1 Å². The van der Waals surface area contributed by atoms with Crippen molar-refractivity contribution in [1.82, 2.24) is 10.4 Å². The smallest absolute Gasteiger partial charge is 0.422 e. The van der Waals surface area contributed by atoms with Crippen LogP contribution in [0.4, 0.5) is 10.5 Å². The first-order valence-electron chi connectivity index (χ1n) is 9.70. The second kappa shape index (κ2) is 8.96. The van der Waals surface area contributed by atoms with Crippen LogP contribution in [0.2, 0.25) is 0 Å². The number of hydrogen-bond donors (Lipinski definition) is 2. The van der Waals surface area contributed by atoms with Crippen LogP contribution in [0.25, 0.3) is 0 Å². The van der Waals surface area contributed by atoms with E-state index in [4.69, 9.17) is 9.47 Å². The average molecular weight is 397 g/mol. The number of benzene rings is 2. The van der Waals surface area contributed by atoms with Crippen LogP contribution in [0, 0.1) is 0 Å². The molecule has 2 amide bonds. The number of rotatable bonds is 5. The molecule has 7 heteroatoms. The first-order valence-corrected chi connectivity index (χ1v) is 9.70. The largest absolute Gasteiger partial charge is 0.457 e. The van der Waals surface area contributed by atoms with Gasteiger partial charge in [0.05, 0.1) is 0 Å². The molecule has 2 aromatic rings. The third-order valence-corrected chi connectivity index (χ3v) is 4.29. The molecule has 154 valence electrons. The summed E-state index contributed by atoms with van der Waals surface area (Å²) in [5, 5.41) is 4.53. The highest BCUT2D eigenvalue weighted by Crippen LogP contribution is 2.23. The minimum atomic E-state index is -0.592. The molecule has 1 atom stereocenters. The van der Waals surface area contributed by atoms with Gasteiger partial charge in [-0.05, 0) is 70.0 Å². The molecule has 7 nitrogen and oxygen atoms in total. The van der Waals surface area contributed by atoms with E-state index in [0.29, 0.717) is 24.4 Å². The Labute approximate surface area is 171 Å². The minimum Gasteiger partial charge on any atom is -0.457 e. The van der Waals surface area contributed by atoms with Gasteiger partial charge in [-0.25, -0.2) is 9.80 Å². The number of nitrogens with one attached hydrogen (secondary N) is 2. The second-order valence-electron chi connectivity index (χ2n) is 7.89. The summed E-state index contributed by atoms with van der Waals surface area (Å²) in [6.45, 7) is 5.99. The summed E-state index contributed by atoms with van der Waals surface area (Å²) in [5.74, 6) is 1.26. The highest BCUT2D eigenvalue weighted by Gasteiger charge is 2.33. The van der Waals surface area contributed by atoms with Gasteiger partial charge < -0.3 is 14.8 Å². The molecule has 0 aliphatic carbocycles. The Bertz CT molecular complexity index is 831. The number of nitrogens with zero attached hydrogens (tertiary/aromatic N) is 1. The van der Waals surface area contributed by atoms with Gasteiger partial charge in [-0.15, -0.1) is 0 Å². The van der Waals surface area contributed by atoms with E-state index in [1.807, 2.05) is 30.3 Å². The molecular weight excluding hydrogens is 370 g/mol. The van der Waals surface area contributed by atoms with Crippen molar-refractivity contribution < 1.29 is 19.1 Å². The molecule has 1 fully saturated rings. The van der Waals surface area contributed by atoms with Gasteiger partial charge in [0, 0.05) is 12.2 Å². The van der Waals surface area contributed by atoms with E-state index in [1.165, 1.54) is 0 Å². The van der Waals surface area contributed by atoms with Crippen molar-refractivity contribution in [2.75, 3.05) is 11.9 Å². The van der Waals surface area contributed by atoms with Crippen LogP contribution in [0.1, 0.15) is 33.6 Å². The molecule has 1 saturated heterocycles. The van der Waals surface area contributed by atoms with Gasteiger partial charge in [0.2, 0.25) is 5.91 Å². The first kappa shape index (κ1) is 20.7. The van der Waals surface area contributed by atoms with Crippen LogP contribution >= 0.6 is 0 Å². The van der Waals surface area contributed by atoms with Crippen molar-refractivity contribution in [3.8, 4) is 11.5 Å². The lowest BCUT2D eigenvalue weighted by atomic mass is 10.2. The Balaban J connectivity index is 1.55. The summed E-state index contributed by atoms with van der Waals surface area (Å²) >= 11 is 0. The summed E-state index contributed by atoms with van der Waals surface area (Å²) in [6, 6.07) is 16.2. The quantitative estimate of drug-likeness (QED) is 0.785. The molecule has 3 rings (SSSR count). The number of amides is 2. The van der Waals surface area contributed by atoms with Gasteiger partial charge in [0.15, 0.2) is 0 Å². The highest BCUT2D eigenvalue weighted by atomic mass is 16.6. The van der Waals surface area contributed by atoms with E-state index in [9.17, 15) is 9.59 Å². The van der Waals surface area contributed by atoms with Crippen LogP contribution in [0.15, 0.2) is 54.6 Å². The van der Waals surface area contributed by atoms with Gasteiger partial charge in [0.25, 0.3) is 0 Å². The molecule has 0 radical (unpaired) electrons. The maximum atomic E-state index is 12.7. The number of ether oxygens (including phenoxy) is 2. The number of hydrazine groups is 1. The molecule has 0 spiro atoms. The zero-order chi connectivity index (χ0) is 20.9. The summed E-state index contributed by atoms with van der Waals surface area (Å²) in [6.07, 6.45) is 0.925. The number of anilines is 1. The van der Waals surface area contributed by atoms with E-state index in [-0.39, 0.29) is 5.91 Å². The number of carbonyl (C=O) groups excluding carboxylic acids is 2. The van der Waals surface area contributed by atoms with Crippen LogP contribution in [0.5, 0.6) is 11.5 Å². The standard InChI is InChI=1S/C22H27N3O4/c1-22(2,3)29-21(27)24-25-15-7-10-19(25)20(26)23-16-11-13-18(14-12-16)28-17-8-5-4-6-9-17/h4-6,8-9,11-14,19H,7,10,15H2,1-3H3,(H,23,26)(H,24,27)/t19-/m0/s1. The molecule has 1 aliphatic rings. The summed E-state index contributed by atoms with van der Waals surface area (Å²) < 4.78 is 11.0. The Morgan fingerprint density at radius 2 is 1.66 bits per heavy atom. The van der Waals surface area contributed by atoms with Crippen molar-refractivity contribution >= 4 is 17.7 Å². The normalized spacial score (nSPS) is 16.9. The van der Waals surface area contributed by atoms with E-state index < -0.39 is 17.7 Å². The lowest BCUT2D eigenvalue weighted by molar-refractivity contribution is -0.121. The fourth-order valence-corrected chi connectivity index (χ4v) is 3.05. The molecule has 1 heterocycles. The van der Waals surface area contributed by atoms with Crippen molar-refractivity contribution in [1.29, 1.82) is 0 Å². The molecule has 2 N–H and O–H groups in total.